The Kier molecular flexibility index (Phi) is 6.57. The van der Waals surface area contributed by atoms with Crippen LogP contribution in [0.15, 0.2) is 78.9 Å². The van der Waals surface area contributed by atoms with Crippen molar-refractivity contribution in [1.82, 2.24) is 0 Å². The van der Waals surface area contributed by atoms with E-state index in [9.17, 15) is 4.79 Å². The molecule has 164 valence electrons. The second kappa shape index (κ2) is 9.71. The highest BCUT2D eigenvalue weighted by Gasteiger charge is 2.28. The fourth-order valence-electron chi connectivity index (χ4n) is 3.66. The lowest BCUT2D eigenvalue weighted by Crippen LogP contribution is -2.37. The molecule has 3 aromatic carbocycles. The third kappa shape index (κ3) is 5.37. The molecule has 1 aliphatic heterocycles. The van der Waals surface area contributed by atoms with Crippen molar-refractivity contribution in [2.75, 3.05) is 17.2 Å². The summed E-state index contributed by atoms with van der Waals surface area (Å²) in [5.41, 5.74) is 4.12. The number of carbonyl (C=O) groups excluding carboxylic acids is 1. The van der Waals surface area contributed by atoms with E-state index in [-0.39, 0.29) is 6.03 Å². The summed E-state index contributed by atoms with van der Waals surface area (Å²) < 4.78 is 12.1. The van der Waals surface area contributed by atoms with Gasteiger partial charge in [-0.3, -0.25) is 0 Å². The van der Waals surface area contributed by atoms with Crippen LogP contribution < -0.4 is 15.4 Å². The number of para-hydroxylation sites is 1. The van der Waals surface area contributed by atoms with Crippen LogP contribution >= 0.6 is 0 Å². The normalized spacial score (nSPS) is 16.7. The molecule has 0 aromatic heterocycles. The minimum Gasteiger partial charge on any atom is -0.480 e. The fraction of sp³-hybridized carbons (Fsp3) is 0.222. The molecule has 2 N–H and O–H groups in total. The van der Waals surface area contributed by atoms with Gasteiger partial charge >= 0.3 is 6.03 Å². The highest BCUT2D eigenvalue weighted by molar-refractivity contribution is 6.00. The first kappa shape index (κ1) is 21.7. The standard InChI is InChI=1S/C27H28N2O3/c1-3-21-11-7-8-12-24(21)29-26(30)28-23-13-14-25-22(17-23)15-16-27(2,32-25)19-31-18-20-9-5-4-6-10-20/h4-17H,3,18-19H2,1-2H3,(H2,28,29,30). The fourth-order valence-corrected chi connectivity index (χ4v) is 3.66. The maximum Gasteiger partial charge on any atom is 0.323 e. The Morgan fingerprint density at radius 2 is 1.78 bits per heavy atom. The molecule has 0 fully saturated rings. The predicted octanol–water partition coefficient (Wildman–Crippen LogP) is 6.27. The lowest BCUT2D eigenvalue weighted by Gasteiger charge is -2.31. The Hall–Kier alpha value is -3.57. The van der Waals surface area contributed by atoms with Gasteiger partial charge in [-0.05, 0) is 54.8 Å². The maximum absolute atomic E-state index is 12.5. The number of benzene rings is 3. The number of amides is 2. The molecule has 1 heterocycles. The summed E-state index contributed by atoms with van der Waals surface area (Å²) in [4.78, 5) is 12.5. The summed E-state index contributed by atoms with van der Waals surface area (Å²) in [5, 5.41) is 5.82. The van der Waals surface area contributed by atoms with Crippen LogP contribution in [0.4, 0.5) is 16.2 Å². The van der Waals surface area contributed by atoms with Crippen LogP contribution in [0.3, 0.4) is 0 Å². The Balaban J connectivity index is 1.36. The summed E-state index contributed by atoms with van der Waals surface area (Å²) >= 11 is 0. The van der Waals surface area contributed by atoms with Crippen molar-refractivity contribution in [2.24, 2.45) is 0 Å². The van der Waals surface area contributed by atoms with Gasteiger partial charge in [0.2, 0.25) is 0 Å². The number of anilines is 2. The molecular formula is C27H28N2O3. The van der Waals surface area contributed by atoms with Crippen LogP contribution in [-0.4, -0.2) is 18.2 Å². The smallest absolute Gasteiger partial charge is 0.323 e. The highest BCUT2D eigenvalue weighted by Crippen LogP contribution is 2.33. The molecule has 32 heavy (non-hydrogen) atoms. The van der Waals surface area contributed by atoms with Gasteiger partial charge in [0.1, 0.15) is 11.4 Å². The van der Waals surface area contributed by atoms with E-state index in [0.29, 0.717) is 18.9 Å². The largest absolute Gasteiger partial charge is 0.480 e. The Morgan fingerprint density at radius 1 is 1.00 bits per heavy atom. The number of ether oxygens (including phenoxy) is 2. The van der Waals surface area contributed by atoms with Gasteiger partial charge in [0.25, 0.3) is 0 Å². The van der Waals surface area contributed by atoms with E-state index < -0.39 is 5.60 Å². The van der Waals surface area contributed by atoms with E-state index in [1.54, 1.807) is 0 Å². The zero-order valence-electron chi connectivity index (χ0n) is 18.4. The number of urea groups is 1. The molecule has 0 aliphatic carbocycles. The number of aryl methyl sites for hydroxylation is 1. The summed E-state index contributed by atoms with van der Waals surface area (Å²) in [5.74, 6) is 0.764. The van der Waals surface area contributed by atoms with E-state index in [0.717, 1.165) is 34.5 Å². The molecule has 1 unspecified atom stereocenters. The first-order chi connectivity index (χ1) is 15.5. The van der Waals surface area contributed by atoms with E-state index >= 15 is 0 Å². The lowest BCUT2D eigenvalue weighted by molar-refractivity contribution is 0.00632. The number of nitrogens with one attached hydrogen (secondary N) is 2. The number of rotatable bonds is 7. The van der Waals surface area contributed by atoms with E-state index in [1.165, 1.54) is 0 Å². The number of carbonyl (C=O) groups is 1. The topological polar surface area (TPSA) is 59.6 Å². The second-order valence-corrected chi connectivity index (χ2v) is 8.07. The quantitative estimate of drug-likeness (QED) is 0.466. The molecule has 0 bridgehead atoms. The molecule has 1 atom stereocenters. The van der Waals surface area contributed by atoms with Crippen LogP contribution in [-0.2, 0) is 17.8 Å². The van der Waals surface area contributed by atoms with Gasteiger partial charge in [-0.2, -0.15) is 0 Å². The minimum absolute atomic E-state index is 0.272. The van der Waals surface area contributed by atoms with Gasteiger partial charge in [-0.25, -0.2) is 4.79 Å². The van der Waals surface area contributed by atoms with Crippen molar-refractivity contribution in [3.8, 4) is 5.75 Å². The van der Waals surface area contributed by atoms with E-state index in [1.807, 2.05) is 91.9 Å². The van der Waals surface area contributed by atoms with Crippen molar-refractivity contribution in [3.05, 3.63) is 95.6 Å². The first-order valence-electron chi connectivity index (χ1n) is 10.8. The van der Waals surface area contributed by atoms with Crippen molar-refractivity contribution in [1.29, 1.82) is 0 Å². The zero-order valence-corrected chi connectivity index (χ0v) is 18.4. The molecule has 0 spiro atoms. The van der Waals surface area contributed by atoms with Crippen LogP contribution in [0.1, 0.15) is 30.5 Å². The van der Waals surface area contributed by atoms with Gasteiger partial charge in [0.15, 0.2) is 0 Å². The number of fused-ring (bicyclic) bond motifs is 1. The van der Waals surface area contributed by atoms with Gasteiger partial charge in [-0.1, -0.05) is 61.5 Å². The molecule has 5 heteroatoms. The van der Waals surface area contributed by atoms with Gasteiger partial charge in [0.05, 0.1) is 13.2 Å². The SMILES string of the molecule is CCc1ccccc1NC(=O)Nc1ccc2c(c1)C=CC(C)(COCc1ccccc1)O2. The summed E-state index contributed by atoms with van der Waals surface area (Å²) in [6.07, 6.45) is 4.87. The average molecular weight is 429 g/mol. The highest BCUT2D eigenvalue weighted by atomic mass is 16.5. The average Bonchev–Trinajstić information content (AvgIpc) is 2.80. The molecule has 2 amide bonds. The van der Waals surface area contributed by atoms with Crippen molar-refractivity contribution < 1.29 is 14.3 Å². The Bertz CT molecular complexity index is 1110. The second-order valence-electron chi connectivity index (χ2n) is 8.07. The molecule has 3 aromatic rings. The Labute approximate surface area is 189 Å². The van der Waals surface area contributed by atoms with Gasteiger partial charge < -0.3 is 20.1 Å². The van der Waals surface area contributed by atoms with Gasteiger partial charge in [-0.15, -0.1) is 0 Å². The molecule has 0 saturated heterocycles. The summed E-state index contributed by atoms with van der Waals surface area (Å²) in [7, 11) is 0. The molecule has 0 saturated carbocycles. The minimum atomic E-state index is -0.544. The summed E-state index contributed by atoms with van der Waals surface area (Å²) in [6.45, 7) is 5.05. The van der Waals surface area contributed by atoms with E-state index in [2.05, 4.69) is 17.6 Å². The monoisotopic (exact) mass is 428 g/mol. The molecule has 4 rings (SSSR count). The Morgan fingerprint density at radius 3 is 2.59 bits per heavy atom. The molecular weight excluding hydrogens is 400 g/mol. The van der Waals surface area contributed by atoms with Crippen molar-refractivity contribution >= 4 is 23.5 Å². The third-order valence-electron chi connectivity index (χ3n) is 5.37. The molecule has 5 nitrogen and oxygen atoms in total. The maximum atomic E-state index is 12.5. The van der Waals surface area contributed by atoms with Crippen LogP contribution in [0, 0.1) is 0 Å². The predicted molar refractivity (Wildman–Crippen MR) is 129 cm³/mol. The first-order valence-corrected chi connectivity index (χ1v) is 10.8. The summed E-state index contributed by atoms with van der Waals surface area (Å²) in [6, 6.07) is 23.2. The zero-order chi connectivity index (χ0) is 22.4. The molecule has 0 radical (unpaired) electrons. The third-order valence-corrected chi connectivity index (χ3v) is 5.37. The number of hydrogen-bond acceptors (Lipinski definition) is 3. The van der Waals surface area contributed by atoms with Crippen molar-refractivity contribution in [2.45, 2.75) is 32.5 Å². The van der Waals surface area contributed by atoms with Crippen LogP contribution in [0.2, 0.25) is 0 Å². The number of hydrogen-bond donors (Lipinski definition) is 2. The van der Waals surface area contributed by atoms with E-state index in [4.69, 9.17) is 9.47 Å². The lowest BCUT2D eigenvalue weighted by atomic mass is 10.0. The van der Waals surface area contributed by atoms with Crippen LogP contribution in [0.5, 0.6) is 5.75 Å². The molecule has 1 aliphatic rings. The van der Waals surface area contributed by atoms with Crippen LogP contribution in [0.25, 0.3) is 6.08 Å². The van der Waals surface area contributed by atoms with Crippen molar-refractivity contribution in [3.63, 3.8) is 0 Å². The van der Waals surface area contributed by atoms with Gasteiger partial charge in [0, 0.05) is 16.9 Å².